The van der Waals surface area contributed by atoms with Crippen molar-refractivity contribution in [3.05, 3.63) is 17.0 Å². The van der Waals surface area contributed by atoms with E-state index in [1.54, 1.807) is 0 Å². The summed E-state index contributed by atoms with van der Waals surface area (Å²) >= 11 is 0. The molecule has 1 atom stereocenters. The number of likely N-dealkylation sites (tertiary alicyclic amines) is 1. The number of amides is 1. The van der Waals surface area contributed by atoms with Crippen LogP contribution in [0.5, 0.6) is 0 Å². The van der Waals surface area contributed by atoms with Crippen molar-refractivity contribution >= 4 is 5.91 Å². The van der Waals surface area contributed by atoms with Gasteiger partial charge in [0.25, 0.3) is 5.91 Å². The zero-order chi connectivity index (χ0) is 20.3. The largest absolute Gasteiger partial charge is 0.389 e. The van der Waals surface area contributed by atoms with E-state index in [1.165, 1.54) is 18.5 Å². The molecule has 4 rings (SSSR count). The van der Waals surface area contributed by atoms with E-state index in [0.717, 1.165) is 89.4 Å². The first kappa shape index (κ1) is 20.9. The molecule has 0 radical (unpaired) electrons. The highest BCUT2D eigenvalue weighted by Gasteiger charge is 2.34. The number of hydrogen-bond acceptors (Lipinski definition) is 4. The molecule has 0 aromatic carbocycles. The standard InChI is InChI=1S/C23H38N4O2/c1-2-13-27-20-10-9-18(24-17-23(29)11-5-3-6-12-23)16-19(20)21(25-27)22(28)26-14-7-4-8-15-26/h18,24,29H,2-17H2,1H3/t18-/m1/s1. The van der Waals surface area contributed by atoms with Crippen LogP contribution in [-0.2, 0) is 19.4 Å². The maximum atomic E-state index is 13.2. The third kappa shape index (κ3) is 4.69. The number of nitrogens with one attached hydrogen (secondary N) is 1. The third-order valence-electron chi connectivity index (χ3n) is 7.13. The van der Waals surface area contributed by atoms with Crippen LogP contribution < -0.4 is 5.32 Å². The minimum Gasteiger partial charge on any atom is -0.389 e. The van der Waals surface area contributed by atoms with Gasteiger partial charge in [-0.25, -0.2) is 0 Å². The summed E-state index contributed by atoms with van der Waals surface area (Å²) in [6.45, 7) is 5.45. The topological polar surface area (TPSA) is 70.4 Å². The van der Waals surface area contributed by atoms with Gasteiger partial charge >= 0.3 is 0 Å². The molecular weight excluding hydrogens is 364 g/mol. The van der Waals surface area contributed by atoms with Crippen molar-refractivity contribution in [3.8, 4) is 0 Å². The third-order valence-corrected chi connectivity index (χ3v) is 7.13. The molecule has 0 unspecified atom stereocenters. The Kier molecular flexibility index (Phi) is 6.60. The molecule has 0 bridgehead atoms. The summed E-state index contributed by atoms with van der Waals surface area (Å²) < 4.78 is 2.09. The van der Waals surface area contributed by atoms with Crippen LogP contribution in [0, 0.1) is 0 Å². The fourth-order valence-electron chi connectivity index (χ4n) is 5.40. The molecule has 3 aliphatic rings. The summed E-state index contributed by atoms with van der Waals surface area (Å²) in [5, 5.41) is 19.3. The summed E-state index contributed by atoms with van der Waals surface area (Å²) in [4.78, 5) is 15.2. The van der Waals surface area contributed by atoms with Crippen LogP contribution in [0.1, 0.15) is 92.9 Å². The molecule has 0 spiro atoms. The van der Waals surface area contributed by atoms with E-state index in [-0.39, 0.29) is 5.91 Å². The zero-order valence-electron chi connectivity index (χ0n) is 18.1. The SMILES string of the molecule is CCCn1nc(C(=O)N2CCCCC2)c2c1CC[C@@H](NCC1(O)CCCCC1)C2. The smallest absolute Gasteiger partial charge is 0.274 e. The normalized spacial score (nSPS) is 24.3. The molecule has 2 N–H and O–H groups in total. The van der Waals surface area contributed by atoms with Crippen molar-refractivity contribution in [2.24, 2.45) is 0 Å². The van der Waals surface area contributed by atoms with Gasteiger partial charge in [-0.1, -0.05) is 26.2 Å². The fraction of sp³-hybridized carbons (Fsp3) is 0.826. The molecule has 1 aromatic heterocycles. The van der Waals surface area contributed by atoms with Gasteiger partial charge in [0.2, 0.25) is 0 Å². The molecule has 1 aromatic rings. The number of carbonyl (C=O) groups is 1. The first-order valence-corrected chi connectivity index (χ1v) is 11.9. The van der Waals surface area contributed by atoms with Crippen molar-refractivity contribution in [2.75, 3.05) is 19.6 Å². The highest BCUT2D eigenvalue weighted by atomic mass is 16.3. The quantitative estimate of drug-likeness (QED) is 0.767. The molecule has 1 saturated carbocycles. The highest BCUT2D eigenvalue weighted by Crippen LogP contribution is 2.30. The highest BCUT2D eigenvalue weighted by molar-refractivity contribution is 5.94. The predicted molar refractivity (Wildman–Crippen MR) is 114 cm³/mol. The molecule has 162 valence electrons. The predicted octanol–water partition coefficient (Wildman–Crippen LogP) is 3.06. The number of aromatic nitrogens is 2. The van der Waals surface area contributed by atoms with Crippen LogP contribution in [-0.4, -0.2) is 57.0 Å². The molecule has 6 heteroatoms. The van der Waals surface area contributed by atoms with Crippen molar-refractivity contribution in [1.82, 2.24) is 20.0 Å². The van der Waals surface area contributed by atoms with Gasteiger partial charge in [0.1, 0.15) is 0 Å². The Labute approximate surface area is 175 Å². The molecule has 1 aliphatic heterocycles. The summed E-state index contributed by atoms with van der Waals surface area (Å²) in [5.41, 5.74) is 2.57. The Hall–Kier alpha value is -1.40. The van der Waals surface area contributed by atoms with Crippen molar-refractivity contribution in [1.29, 1.82) is 0 Å². The number of hydrogen-bond donors (Lipinski definition) is 2. The Morgan fingerprint density at radius 3 is 2.62 bits per heavy atom. The molecule has 2 fully saturated rings. The molecule has 2 aliphatic carbocycles. The molecule has 6 nitrogen and oxygen atoms in total. The summed E-state index contributed by atoms with van der Waals surface area (Å²) in [6.07, 6.45) is 12.6. The van der Waals surface area contributed by atoms with Gasteiger partial charge in [-0.3, -0.25) is 9.48 Å². The summed E-state index contributed by atoms with van der Waals surface area (Å²) in [7, 11) is 0. The first-order chi connectivity index (χ1) is 14.1. The van der Waals surface area contributed by atoms with Crippen LogP contribution in [0.2, 0.25) is 0 Å². The van der Waals surface area contributed by atoms with Gasteiger partial charge in [-0.2, -0.15) is 5.10 Å². The zero-order valence-corrected chi connectivity index (χ0v) is 18.1. The van der Waals surface area contributed by atoms with Gasteiger partial charge in [-0.05, 0) is 57.8 Å². The fourth-order valence-corrected chi connectivity index (χ4v) is 5.40. The number of carbonyl (C=O) groups excluding carboxylic acids is 1. The van der Waals surface area contributed by atoms with Gasteiger partial charge in [0.05, 0.1) is 5.60 Å². The molecule has 2 heterocycles. The monoisotopic (exact) mass is 402 g/mol. The van der Waals surface area contributed by atoms with Crippen LogP contribution in [0.15, 0.2) is 0 Å². The summed E-state index contributed by atoms with van der Waals surface area (Å²) in [5.74, 6) is 0.127. The van der Waals surface area contributed by atoms with Crippen molar-refractivity contribution in [2.45, 2.75) is 102 Å². The van der Waals surface area contributed by atoms with Gasteiger partial charge in [0, 0.05) is 43.5 Å². The lowest BCUT2D eigenvalue weighted by Crippen LogP contribution is -2.47. The Balaban J connectivity index is 1.48. The Morgan fingerprint density at radius 1 is 1.17 bits per heavy atom. The number of nitrogens with zero attached hydrogens (tertiary/aromatic N) is 3. The second kappa shape index (κ2) is 9.17. The van der Waals surface area contributed by atoms with Crippen molar-refractivity contribution < 1.29 is 9.90 Å². The van der Waals surface area contributed by atoms with Gasteiger partial charge < -0.3 is 15.3 Å². The van der Waals surface area contributed by atoms with E-state index in [1.807, 2.05) is 4.90 Å². The van der Waals surface area contributed by atoms with E-state index >= 15 is 0 Å². The molecule has 29 heavy (non-hydrogen) atoms. The summed E-state index contributed by atoms with van der Waals surface area (Å²) in [6, 6.07) is 0.320. The minimum absolute atomic E-state index is 0.127. The van der Waals surface area contributed by atoms with Crippen molar-refractivity contribution in [3.63, 3.8) is 0 Å². The second-order valence-corrected chi connectivity index (χ2v) is 9.46. The molecule has 1 saturated heterocycles. The van der Waals surface area contributed by atoms with E-state index < -0.39 is 5.60 Å². The number of piperidine rings is 1. The number of aliphatic hydroxyl groups is 1. The number of fused-ring (bicyclic) bond motifs is 1. The van der Waals surface area contributed by atoms with Gasteiger partial charge in [-0.15, -0.1) is 0 Å². The van der Waals surface area contributed by atoms with Crippen LogP contribution in [0.25, 0.3) is 0 Å². The van der Waals surface area contributed by atoms with E-state index in [4.69, 9.17) is 5.10 Å². The average molecular weight is 403 g/mol. The van der Waals surface area contributed by atoms with E-state index in [2.05, 4.69) is 16.9 Å². The Morgan fingerprint density at radius 2 is 1.90 bits per heavy atom. The van der Waals surface area contributed by atoms with Crippen LogP contribution >= 0.6 is 0 Å². The molecular formula is C23H38N4O2. The average Bonchev–Trinajstić information content (AvgIpc) is 3.11. The minimum atomic E-state index is -0.544. The maximum absolute atomic E-state index is 13.2. The van der Waals surface area contributed by atoms with Gasteiger partial charge in [0.15, 0.2) is 5.69 Å². The lowest BCUT2D eigenvalue weighted by Gasteiger charge is -2.35. The van der Waals surface area contributed by atoms with E-state index in [9.17, 15) is 9.90 Å². The lowest BCUT2D eigenvalue weighted by atomic mass is 9.84. The van der Waals surface area contributed by atoms with Crippen LogP contribution in [0.3, 0.4) is 0 Å². The maximum Gasteiger partial charge on any atom is 0.274 e. The number of aryl methyl sites for hydroxylation is 1. The first-order valence-electron chi connectivity index (χ1n) is 11.9. The molecule has 1 amide bonds. The second-order valence-electron chi connectivity index (χ2n) is 9.46. The Bertz CT molecular complexity index is 702. The lowest BCUT2D eigenvalue weighted by molar-refractivity contribution is 0.00227. The van der Waals surface area contributed by atoms with E-state index in [0.29, 0.717) is 18.3 Å². The van der Waals surface area contributed by atoms with Crippen LogP contribution in [0.4, 0.5) is 0 Å². The number of rotatable bonds is 6.